The molecule has 2 aromatic heterocycles. The number of nitrogens with zero attached hydrogens (tertiary/aromatic N) is 4. The Morgan fingerprint density at radius 3 is 1.84 bits per heavy atom. The number of pyridine rings is 1. The van der Waals surface area contributed by atoms with E-state index in [0.717, 1.165) is 50.7 Å². The van der Waals surface area contributed by atoms with Crippen LogP contribution in [0.4, 0.5) is 11.5 Å². The van der Waals surface area contributed by atoms with Crippen molar-refractivity contribution in [2.45, 2.75) is 72.6 Å². The normalized spacial score (nSPS) is 14.0. The SMILES string of the molecule is CC1(C)Cc2ccc(Oc3[c-]c(-n4[c](=[Pt])n(-c5c(-c6ccccc6)cc(C(C)(C)C)cc5-c5ccccc5)c5ccccc54)ccc3)[c-]c2N(c2cc(C(C)(C)C)ccn2)C1. The standard InChI is InChI=1S/C55H52N4O.Pt/c1-53(2,3)41-28-29-56-51(32-41)57-36-55(7,8)35-40-26-27-45(34-50(40)57)60-44-23-17-22-43(33-44)58-37-59(49-25-16-15-24-48(49)58)52-46(38-18-11-9-12-19-38)30-42(54(4,5)6)31-47(52)39-20-13-10-14-21-39;/h9-32H,35-36H2,1-8H3;/q-2;. The van der Waals surface area contributed by atoms with Gasteiger partial charge in [-0.2, -0.15) is 0 Å². The molecule has 9 rings (SSSR count). The van der Waals surface area contributed by atoms with Crippen LogP contribution < -0.4 is 9.64 Å². The zero-order valence-corrected chi connectivity index (χ0v) is 38.6. The van der Waals surface area contributed by atoms with Gasteiger partial charge in [-0.25, -0.2) is 0 Å². The van der Waals surface area contributed by atoms with Gasteiger partial charge in [0.05, 0.1) is 0 Å². The molecule has 0 radical (unpaired) electrons. The molecule has 0 bridgehead atoms. The van der Waals surface area contributed by atoms with Crippen molar-refractivity contribution in [2.24, 2.45) is 5.41 Å². The van der Waals surface area contributed by atoms with Gasteiger partial charge >= 0.3 is 316 Å². The van der Waals surface area contributed by atoms with Crippen LogP contribution in [0, 0.1) is 21.4 Å². The first kappa shape index (κ1) is 40.6. The van der Waals surface area contributed by atoms with Crippen molar-refractivity contribution in [1.82, 2.24) is 14.1 Å². The molecule has 61 heavy (non-hydrogen) atoms. The number of fused-ring (bicyclic) bond motifs is 2. The minimum atomic E-state index is -0.0640. The number of hydrogen-bond donors (Lipinski definition) is 0. The Kier molecular flexibility index (Phi) is 10.4. The maximum absolute atomic E-state index is 6.68. The van der Waals surface area contributed by atoms with Crippen LogP contribution in [0.2, 0.25) is 0 Å². The maximum atomic E-state index is 6.68. The molecule has 1 aliphatic heterocycles. The summed E-state index contributed by atoms with van der Waals surface area (Å²) in [5.74, 6) is 2.20. The molecule has 0 aliphatic carbocycles. The van der Waals surface area contributed by atoms with Crippen LogP contribution in [0.25, 0.3) is 44.7 Å². The fourth-order valence-electron chi connectivity index (χ4n) is 8.53. The first-order valence-corrected chi connectivity index (χ1v) is 22.3. The van der Waals surface area contributed by atoms with Crippen LogP contribution in [0.15, 0.2) is 146 Å². The average molecular weight is 980 g/mol. The molecule has 5 nitrogen and oxygen atoms in total. The Bertz CT molecular complexity index is 2900. The third-order valence-electron chi connectivity index (χ3n) is 11.7. The molecule has 0 saturated heterocycles. The molecule has 6 heteroatoms. The number of benzene rings is 6. The molecular formula is C55H52N4OPt-2. The molecule has 0 amide bonds. The van der Waals surface area contributed by atoms with Gasteiger partial charge in [-0.05, 0) is 17.0 Å². The number of hydrogen-bond acceptors (Lipinski definition) is 3. The Labute approximate surface area is 371 Å². The summed E-state index contributed by atoms with van der Waals surface area (Å²) in [5, 5.41) is 0. The summed E-state index contributed by atoms with van der Waals surface area (Å²) in [6.45, 7) is 19.1. The van der Waals surface area contributed by atoms with E-state index in [4.69, 9.17) is 9.72 Å². The topological polar surface area (TPSA) is 35.2 Å². The van der Waals surface area contributed by atoms with Crippen LogP contribution in [-0.4, -0.2) is 20.7 Å². The third-order valence-corrected chi connectivity index (χ3v) is 12.7. The van der Waals surface area contributed by atoms with Crippen molar-refractivity contribution in [1.29, 1.82) is 0 Å². The first-order chi connectivity index (χ1) is 29.1. The summed E-state index contributed by atoms with van der Waals surface area (Å²) in [6, 6.07) is 57.1. The molecule has 3 heterocycles. The van der Waals surface area contributed by atoms with E-state index in [2.05, 4.69) is 228 Å². The Morgan fingerprint density at radius 1 is 0.623 bits per heavy atom. The van der Waals surface area contributed by atoms with Gasteiger partial charge in [0, 0.05) is 6.20 Å². The van der Waals surface area contributed by atoms with Crippen molar-refractivity contribution < 1.29 is 24.1 Å². The van der Waals surface area contributed by atoms with Crippen LogP contribution >= 0.6 is 0 Å². The van der Waals surface area contributed by atoms with Gasteiger partial charge in [0.15, 0.2) is 0 Å². The minimum absolute atomic E-state index is 0.00870. The Balaban J connectivity index is 1.17. The van der Waals surface area contributed by atoms with Crippen LogP contribution in [-0.2, 0) is 36.6 Å². The summed E-state index contributed by atoms with van der Waals surface area (Å²) in [6.07, 6.45) is 2.88. The molecule has 1 aliphatic rings. The molecule has 0 fully saturated rings. The average Bonchev–Trinajstić information content (AvgIpc) is 3.54. The van der Waals surface area contributed by atoms with Crippen LogP contribution in [0.3, 0.4) is 0 Å². The Hall–Kier alpha value is -5.77. The molecule has 0 atom stereocenters. The van der Waals surface area contributed by atoms with Crippen molar-refractivity contribution in [3.63, 3.8) is 0 Å². The zero-order chi connectivity index (χ0) is 42.7. The fraction of sp³-hybridized carbons (Fsp3) is 0.236. The number of anilines is 2. The monoisotopic (exact) mass is 979 g/mol. The summed E-state index contributed by atoms with van der Waals surface area (Å²) in [7, 11) is 0. The molecule has 0 unspecified atom stereocenters. The zero-order valence-electron chi connectivity index (χ0n) is 36.3. The molecule has 0 saturated carbocycles. The van der Waals surface area contributed by atoms with Crippen LogP contribution in [0.1, 0.15) is 72.1 Å². The Morgan fingerprint density at radius 2 is 1.21 bits per heavy atom. The van der Waals surface area contributed by atoms with E-state index in [9.17, 15) is 0 Å². The van der Waals surface area contributed by atoms with E-state index in [-0.39, 0.29) is 16.2 Å². The fourth-order valence-corrected chi connectivity index (χ4v) is 9.60. The number of ether oxygens (including phenoxy) is 1. The molecule has 0 N–H and O–H groups in total. The van der Waals surface area contributed by atoms with Gasteiger partial charge in [-0.15, -0.1) is 0 Å². The van der Waals surface area contributed by atoms with E-state index >= 15 is 0 Å². The predicted molar refractivity (Wildman–Crippen MR) is 247 cm³/mol. The summed E-state index contributed by atoms with van der Waals surface area (Å²) >= 11 is 2.50. The molecule has 0 spiro atoms. The van der Waals surface area contributed by atoms with Gasteiger partial charge in [0.2, 0.25) is 0 Å². The van der Waals surface area contributed by atoms with E-state index in [0.29, 0.717) is 11.5 Å². The van der Waals surface area contributed by atoms with E-state index in [1.165, 1.54) is 38.9 Å². The summed E-state index contributed by atoms with van der Waals surface area (Å²) < 4.78 is 12.4. The molecule has 8 aromatic rings. The van der Waals surface area contributed by atoms with Gasteiger partial charge in [0.1, 0.15) is 0 Å². The van der Waals surface area contributed by atoms with Crippen LogP contribution in [0.5, 0.6) is 11.5 Å². The van der Waals surface area contributed by atoms with E-state index < -0.39 is 0 Å². The first-order valence-electron chi connectivity index (χ1n) is 21.1. The molecule has 6 aromatic carbocycles. The van der Waals surface area contributed by atoms with Gasteiger partial charge in [-0.1, -0.05) is 34.6 Å². The van der Waals surface area contributed by atoms with E-state index in [1.807, 2.05) is 18.3 Å². The second-order valence-electron chi connectivity index (χ2n) is 19.1. The predicted octanol–water partition coefficient (Wildman–Crippen LogP) is 13.9. The van der Waals surface area contributed by atoms with Crippen molar-refractivity contribution in [3.05, 3.63) is 178 Å². The van der Waals surface area contributed by atoms with Gasteiger partial charge in [0.25, 0.3) is 0 Å². The third kappa shape index (κ3) is 7.97. The molecular weight excluding hydrogens is 928 g/mol. The van der Waals surface area contributed by atoms with Gasteiger partial charge < -0.3 is 0 Å². The molecule has 310 valence electrons. The summed E-state index contributed by atoms with van der Waals surface area (Å²) in [5.41, 5.74) is 13.7. The summed E-state index contributed by atoms with van der Waals surface area (Å²) in [4.78, 5) is 7.19. The van der Waals surface area contributed by atoms with Crippen molar-refractivity contribution in [2.75, 3.05) is 11.4 Å². The number of para-hydroxylation sites is 2. The number of rotatable bonds is 7. The quantitative estimate of drug-likeness (QED) is 0.149. The van der Waals surface area contributed by atoms with Gasteiger partial charge in [-0.3, -0.25) is 0 Å². The van der Waals surface area contributed by atoms with Crippen molar-refractivity contribution in [3.8, 4) is 45.1 Å². The number of aromatic nitrogens is 3. The van der Waals surface area contributed by atoms with E-state index in [1.54, 1.807) is 0 Å². The number of imidazole rings is 1. The van der Waals surface area contributed by atoms with Crippen molar-refractivity contribution >= 4 is 22.5 Å². The second-order valence-corrected chi connectivity index (χ2v) is 20.1. The second kappa shape index (κ2) is 15.6.